The molecule has 1 aliphatic rings. The number of aryl methyl sites for hydroxylation is 2. The standard InChI is InChI=1S/C21H27N5O/c1-14-16(9-10-19(27)24-21(13-22)11-5-6-12-21)15(2)26-20(23-14)17-7-3-4-8-18(17)25-26/h3-4,7-8H,5-6,9-13,22H2,1-2H3,(H,24,27). The van der Waals surface area contributed by atoms with Crippen LogP contribution >= 0.6 is 0 Å². The third-order valence-electron chi connectivity index (χ3n) is 5.98. The number of rotatable bonds is 5. The quantitative estimate of drug-likeness (QED) is 0.728. The summed E-state index contributed by atoms with van der Waals surface area (Å²) in [5.41, 5.74) is 10.7. The molecule has 1 aromatic carbocycles. The number of aromatic nitrogens is 3. The average Bonchev–Trinajstić information content (AvgIpc) is 3.27. The number of fused-ring (bicyclic) bond motifs is 3. The molecular formula is C21H27N5O. The van der Waals surface area contributed by atoms with Gasteiger partial charge in [0, 0.05) is 29.7 Å². The lowest BCUT2D eigenvalue weighted by Gasteiger charge is -2.28. The Balaban J connectivity index is 1.57. The first kappa shape index (κ1) is 17.9. The van der Waals surface area contributed by atoms with Crippen molar-refractivity contribution in [3.05, 3.63) is 41.2 Å². The monoisotopic (exact) mass is 365 g/mol. The van der Waals surface area contributed by atoms with Gasteiger partial charge in [-0.2, -0.15) is 5.10 Å². The van der Waals surface area contributed by atoms with Crippen molar-refractivity contribution in [1.29, 1.82) is 0 Å². The molecule has 0 aliphatic heterocycles. The van der Waals surface area contributed by atoms with E-state index in [9.17, 15) is 4.79 Å². The summed E-state index contributed by atoms with van der Waals surface area (Å²) in [5.74, 6) is 0.0758. The van der Waals surface area contributed by atoms with Gasteiger partial charge in [0.05, 0.1) is 11.1 Å². The number of amides is 1. The Morgan fingerprint density at radius 2 is 2.00 bits per heavy atom. The fourth-order valence-corrected chi connectivity index (χ4v) is 4.37. The van der Waals surface area contributed by atoms with Gasteiger partial charge in [0.2, 0.25) is 5.91 Å². The van der Waals surface area contributed by atoms with Crippen LogP contribution < -0.4 is 11.1 Å². The second-order valence-electron chi connectivity index (χ2n) is 7.75. The van der Waals surface area contributed by atoms with Crippen LogP contribution in [0.25, 0.3) is 16.6 Å². The van der Waals surface area contributed by atoms with Gasteiger partial charge in [-0.15, -0.1) is 0 Å². The second-order valence-corrected chi connectivity index (χ2v) is 7.75. The first-order valence-corrected chi connectivity index (χ1v) is 9.78. The van der Waals surface area contributed by atoms with Crippen LogP contribution in [0.15, 0.2) is 24.3 Å². The second kappa shape index (κ2) is 6.93. The first-order chi connectivity index (χ1) is 13.0. The van der Waals surface area contributed by atoms with E-state index in [4.69, 9.17) is 10.7 Å². The van der Waals surface area contributed by atoms with Crippen molar-refractivity contribution in [2.75, 3.05) is 6.54 Å². The SMILES string of the molecule is Cc1nc2c3ccccc3nn2c(C)c1CCC(=O)NC1(CN)CCCC1. The maximum absolute atomic E-state index is 12.6. The molecule has 0 saturated heterocycles. The molecule has 1 aliphatic carbocycles. The molecule has 6 heteroatoms. The molecule has 1 fully saturated rings. The molecular weight excluding hydrogens is 338 g/mol. The summed E-state index contributed by atoms with van der Waals surface area (Å²) in [6.45, 7) is 4.59. The predicted molar refractivity (Wildman–Crippen MR) is 107 cm³/mol. The summed E-state index contributed by atoms with van der Waals surface area (Å²) < 4.78 is 1.91. The minimum Gasteiger partial charge on any atom is -0.349 e. The smallest absolute Gasteiger partial charge is 0.220 e. The molecule has 0 radical (unpaired) electrons. The summed E-state index contributed by atoms with van der Waals surface area (Å²) in [5, 5.41) is 8.95. The summed E-state index contributed by atoms with van der Waals surface area (Å²) >= 11 is 0. The highest BCUT2D eigenvalue weighted by Gasteiger charge is 2.33. The van der Waals surface area contributed by atoms with Crippen LogP contribution in [0.1, 0.15) is 49.1 Å². The van der Waals surface area contributed by atoms with Gasteiger partial charge in [-0.1, -0.05) is 25.0 Å². The van der Waals surface area contributed by atoms with Crippen molar-refractivity contribution in [2.45, 2.75) is 57.9 Å². The molecule has 0 unspecified atom stereocenters. The summed E-state index contributed by atoms with van der Waals surface area (Å²) in [6, 6.07) is 8.04. The van der Waals surface area contributed by atoms with Crippen LogP contribution in [0.4, 0.5) is 0 Å². The maximum atomic E-state index is 12.6. The molecule has 3 aromatic rings. The summed E-state index contributed by atoms with van der Waals surface area (Å²) in [4.78, 5) is 17.3. The van der Waals surface area contributed by atoms with Crippen LogP contribution in [0.2, 0.25) is 0 Å². The number of benzene rings is 1. The molecule has 1 saturated carbocycles. The van der Waals surface area contributed by atoms with Crippen molar-refractivity contribution in [1.82, 2.24) is 19.9 Å². The predicted octanol–water partition coefficient (Wildman–Crippen LogP) is 2.82. The van der Waals surface area contributed by atoms with E-state index in [2.05, 4.69) is 17.3 Å². The van der Waals surface area contributed by atoms with E-state index in [0.717, 1.165) is 59.2 Å². The third kappa shape index (κ3) is 3.18. The molecule has 0 spiro atoms. The molecule has 142 valence electrons. The van der Waals surface area contributed by atoms with Crippen molar-refractivity contribution >= 4 is 22.5 Å². The fourth-order valence-electron chi connectivity index (χ4n) is 4.37. The number of carbonyl (C=O) groups is 1. The van der Waals surface area contributed by atoms with Crippen molar-refractivity contribution in [2.24, 2.45) is 5.73 Å². The molecule has 27 heavy (non-hydrogen) atoms. The Hall–Kier alpha value is -2.47. The molecule has 2 aromatic heterocycles. The molecule has 2 heterocycles. The zero-order valence-corrected chi connectivity index (χ0v) is 16.1. The minimum atomic E-state index is -0.191. The van der Waals surface area contributed by atoms with Crippen molar-refractivity contribution < 1.29 is 4.79 Å². The molecule has 0 atom stereocenters. The van der Waals surface area contributed by atoms with E-state index in [1.54, 1.807) is 0 Å². The highest BCUT2D eigenvalue weighted by Crippen LogP contribution is 2.29. The third-order valence-corrected chi connectivity index (χ3v) is 5.98. The minimum absolute atomic E-state index is 0.0758. The van der Waals surface area contributed by atoms with E-state index >= 15 is 0 Å². The Morgan fingerprint density at radius 3 is 2.74 bits per heavy atom. The molecule has 6 nitrogen and oxygen atoms in total. The molecule has 0 bridgehead atoms. The van der Waals surface area contributed by atoms with Crippen LogP contribution in [0, 0.1) is 13.8 Å². The lowest BCUT2D eigenvalue weighted by molar-refractivity contribution is -0.122. The van der Waals surface area contributed by atoms with Gasteiger partial charge in [-0.25, -0.2) is 9.50 Å². The van der Waals surface area contributed by atoms with Crippen LogP contribution in [0.3, 0.4) is 0 Å². The summed E-state index contributed by atoms with van der Waals surface area (Å²) in [7, 11) is 0. The Morgan fingerprint density at radius 1 is 1.26 bits per heavy atom. The Kier molecular flexibility index (Phi) is 4.60. The number of nitrogens with two attached hydrogens (primary N) is 1. The van der Waals surface area contributed by atoms with E-state index < -0.39 is 0 Å². The zero-order valence-electron chi connectivity index (χ0n) is 16.1. The normalized spacial score (nSPS) is 16.3. The average molecular weight is 365 g/mol. The zero-order chi connectivity index (χ0) is 19.0. The van der Waals surface area contributed by atoms with Gasteiger partial charge >= 0.3 is 0 Å². The van der Waals surface area contributed by atoms with E-state index in [1.165, 1.54) is 0 Å². The molecule has 1 amide bonds. The first-order valence-electron chi connectivity index (χ1n) is 9.78. The summed E-state index contributed by atoms with van der Waals surface area (Å²) in [6.07, 6.45) is 5.36. The van der Waals surface area contributed by atoms with Crippen LogP contribution in [-0.4, -0.2) is 32.6 Å². The van der Waals surface area contributed by atoms with Crippen LogP contribution in [-0.2, 0) is 11.2 Å². The number of hydrogen-bond acceptors (Lipinski definition) is 4. The van der Waals surface area contributed by atoms with Gasteiger partial charge in [-0.3, -0.25) is 4.79 Å². The highest BCUT2D eigenvalue weighted by atomic mass is 16.1. The molecule has 4 rings (SSSR count). The number of carbonyl (C=O) groups excluding carboxylic acids is 1. The van der Waals surface area contributed by atoms with Gasteiger partial charge in [0.25, 0.3) is 0 Å². The van der Waals surface area contributed by atoms with Gasteiger partial charge in [0.1, 0.15) is 0 Å². The Bertz CT molecular complexity index is 1000. The lowest BCUT2D eigenvalue weighted by atomic mass is 9.97. The maximum Gasteiger partial charge on any atom is 0.220 e. The number of nitrogens with one attached hydrogen (secondary N) is 1. The van der Waals surface area contributed by atoms with Crippen molar-refractivity contribution in [3.8, 4) is 0 Å². The fraction of sp³-hybridized carbons (Fsp3) is 0.476. The highest BCUT2D eigenvalue weighted by molar-refractivity contribution is 5.92. The van der Waals surface area contributed by atoms with E-state index in [0.29, 0.717) is 19.4 Å². The van der Waals surface area contributed by atoms with Gasteiger partial charge in [-0.05, 0) is 50.8 Å². The van der Waals surface area contributed by atoms with Crippen LogP contribution in [0.5, 0.6) is 0 Å². The lowest BCUT2D eigenvalue weighted by Crippen LogP contribution is -2.51. The van der Waals surface area contributed by atoms with Gasteiger partial charge < -0.3 is 11.1 Å². The Labute approximate surface area is 159 Å². The van der Waals surface area contributed by atoms with E-state index in [-0.39, 0.29) is 11.4 Å². The number of nitrogens with zero attached hydrogens (tertiary/aromatic N) is 3. The van der Waals surface area contributed by atoms with E-state index in [1.807, 2.05) is 35.7 Å². The van der Waals surface area contributed by atoms with Gasteiger partial charge in [0.15, 0.2) is 5.65 Å². The van der Waals surface area contributed by atoms with Crippen molar-refractivity contribution in [3.63, 3.8) is 0 Å². The molecule has 3 N–H and O–H groups in total. The largest absolute Gasteiger partial charge is 0.349 e. The topological polar surface area (TPSA) is 85.3 Å². The number of hydrogen-bond donors (Lipinski definition) is 2.